The Morgan fingerprint density at radius 1 is 1.22 bits per heavy atom. The number of carbonyl (C=O) groups excluding carboxylic acids is 3. The van der Waals surface area contributed by atoms with Crippen molar-refractivity contribution in [3.63, 3.8) is 0 Å². The van der Waals surface area contributed by atoms with E-state index >= 15 is 0 Å². The molecule has 0 aromatic carbocycles. The molecule has 0 aliphatic carbocycles. The number of nitrogens with one attached hydrogen (secondary N) is 2. The van der Waals surface area contributed by atoms with E-state index in [1.807, 2.05) is 13.8 Å². The number of carbonyl (C=O) groups is 3. The molecular formula is C19H27N3O5. The van der Waals surface area contributed by atoms with Crippen molar-refractivity contribution < 1.29 is 23.9 Å². The second-order valence-electron chi connectivity index (χ2n) is 6.85. The lowest BCUT2D eigenvalue weighted by molar-refractivity contribution is -0.130. The average Bonchev–Trinajstić information content (AvgIpc) is 2.89. The predicted molar refractivity (Wildman–Crippen MR) is 98.1 cm³/mol. The number of aryl methyl sites for hydroxylation is 1. The van der Waals surface area contributed by atoms with E-state index in [9.17, 15) is 19.6 Å². The molecule has 1 aromatic rings. The normalized spacial score (nSPS) is 14.0. The van der Waals surface area contributed by atoms with Gasteiger partial charge in [-0.15, -0.1) is 0 Å². The third kappa shape index (κ3) is 4.88. The highest BCUT2D eigenvalue weighted by Crippen LogP contribution is 2.21. The van der Waals surface area contributed by atoms with Crippen LogP contribution in [0.15, 0.2) is 0 Å². The molecule has 27 heavy (non-hydrogen) atoms. The number of esters is 2. The Hall–Kier alpha value is -2.82. The number of aromatic nitrogens is 1. The van der Waals surface area contributed by atoms with Crippen LogP contribution in [0, 0.1) is 31.1 Å². The second-order valence-corrected chi connectivity index (χ2v) is 6.85. The van der Waals surface area contributed by atoms with Crippen molar-refractivity contribution >= 4 is 17.8 Å². The molecule has 0 aliphatic heterocycles. The minimum absolute atomic E-state index is 0.0853. The van der Waals surface area contributed by atoms with E-state index < -0.39 is 29.5 Å². The zero-order chi connectivity index (χ0) is 20.9. The summed E-state index contributed by atoms with van der Waals surface area (Å²) in [6.45, 7) is 11.8. The van der Waals surface area contributed by atoms with Gasteiger partial charge in [0.25, 0.3) is 5.91 Å². The van der Waals surface area contributed by atoms with Crippen LogP contribution in [-0.2, 0) is 14.3 Å². The van der Waals surface area contributed by atoms with Crippen LogP contribution >= 0.6 is 0 Å². The van der Waals surface area contributed by atoms with Crippen molar-refractivity contribution in [2.45, 2.75) is 60.1 Å². The summed E-state index contributed by atoms with van der Waals surface area (Å²) in [6, 6.07) is 2.06. The highest BCUT2D eigenvalue weighted by Gasteiger charge is 2.33. The minimum Gasteiger partial charge on any atom is -0.462 e. The summed E-state index contributed by atoms with van der Waals surface area (Å²) >= 11 is 0. The monoisotopic (exact) mass is 377 g/mol. The van der Waals surface area contributed by atoms with Crippen LogP contribution in [0.3, 0.4) is 0 Å². The van der Waals surface area contributed by atoms with E-state index in [1.54, 1.807) is 27.7 Å². The summed E-state index contributed by atoms with van der Waals surface area (Å²) in [5.41, 5.74) is 0.160. The van der Waals surface area contributed by atoms with Crippen molar-refractivity contribution in [3.8, 4) is 6.07 Å². The number of hydrogen-bond donors (Lipinski definition) is 2. The molecular weight excluding hydrogens is 350 g/mol. The maximum Gasteiger partial charge on any atom is 0.355 e. The molecule has 8 nitrogen and oxygen atoms in total. The first-order chi connectivity index (χ1) is 12.5. The molecule has 148 valence electrons. The van der Waals surface area contributed by atoms with Gasteiger partial charge in [0, 0.05) is 5.69 Å². The maximum absolute atomic E-state index is 12.4. The zero-order valence-electron chi connectivity index (χ0n) is 16.9. The van der Waals surface area contributed by atoms with E-state index in [1.165, 1.54) is 6.92 Å². The number of nitriles is 1. The van der Waals surface area contributed by atoms with Gasteiger partial charge in [-0.25, -0.2) is 9.59 Å². The fourth-order valence-corrected chi connectivity index (χ4v) is 2.40. The second kappa shape index (κ2) is 8.71. The van der Waals surface area contributed by atoms with Crippen molar-refractivity contribution in [2.75, 3.05) is 6.61 Å². The molecule has 1 aromatic heterocycles. The van der Waals surface area contributed by atoms with Crippen LogP contribution in [-0.4, -0.2) is 41.1 Å². The minimum atomic E-state index is -1.11. The van der Waals surface area contributed by atoms with Gasteiger partial charge in [-0.2, -0.15) is 5.26 Å². The van der Waals surface area contributed by atoms with E-state index in [0.29, 0.717) is 11.3 Å². The Bertz CT molecular complexity index is 775. The summed E-state index contributed by atoms with van der Waals surface area (Å²) in [5, 5.41) is 11.9. The lowest BCUT2D eigenvalue weighted by Crippen LogP contribution is -2.52. The van der Waals surface area contributed by atoms with Crippen molar-refractivity contribution in [2.24, 2.45) is 5.92 Å². The van der Waals surface area contributed by atoms with Crippen LogP contribution in [0.4, 0.5) is 0 Å². The molecule has 0 spiro atoms. The quantitative estimate of drug-likeness (QED) is 0.704. The third-order valence-electron chi connectivity index (χ3n) is 4.54. The van der Waals surface area contributed by atoms with Crippen molar-refractivity contribution in [3.05, 3.63) is 22.5 Å². The molecule has 0 bridgehead atoms. The molecule has 1 amide bonds. The van der Waals surface area contributed by atoms with Gasteiger partial charge in [0.15, 0.2) is 6.10 Å². The number of amides is 1. The van der Waals surface area contributed by atoms with E-state index in [-0.39, 0.29) is 23.8 Å². The molecule has 2 N–H and O–H groups in total. The van der Waals surface area contributed by atoms with E-state index in [4.69, 9.17) is 9.47 Å². The van der Waals surface area contributed by atoms with E-state index in [0.717, 1.165) is 0 Å². The highest BCUT2D eigenvalue weighted by molar-refractivity contribution is 5.99. The van der Waals surface area contributed by atoms with E-state index in [2.05, 4.69) is 16.4 Å². The number of hydrogen-bond acceptors (Lipinski definition) is 6. The van der Waals surface area contributed by atoms with Gasteiger partial charge in [0.2, 0.25) is 0 Å². The van der Waals surface area contributed by atoms with Gasteiger partial charge in [-0.1, -0.05) is 13.8 Å². The number of ether oxygens (including phenoxy) is 2. The summed E-state index contributed by atoms with van der Waals surface area (Å²) in [5.74, 6) is -2.00. The van der Waals surface area contributed by atoms with Gasteiger partial charge in [0.1, 0.15) is 11.2 Å². The lowest BCUT2D eigenvalue weighted by atomic mass is 9.90. The Kier molecular flexibility index (Phi) is 7.17. The SMILES string of the molecule is CCOC(=O)c1c(C)[nH]c(C(=O)OC(C)C(=O)NC(C)(C#N)C(C)C)c1C. The lowest BCUT2D eigenvalue weighted by Gasteiger charge is -2.28. The van der Waals surface area contributed by atoms with Crippen LogP contribution in [0.5, 0.6) is 0 Å². The fraction of sp³-hybridized carbons (Fsp3) is 0.579. The topological polar surface area (TPSA) is 121 Å². The van der Waals surface area contributed by atoms with Gasteiger partial charge in [0.05, 0.1) is 18.2 Å². The summed E-state index contributed by atoms with van der Waals surface area (Å²) in [4.78, 5) is 39.6. The Morgan fingerprint density at radius 2 is 1.81 bits per heavy atom. The van der Waals surface area contributed by atoms with Crippen LogP contribution in [0.2, 0.25) is 0 Å². The smallest absolute Gasteiger partial charge is 0.355 e. The molecule has 2 unspecified atom stereocenters. The van der Waals surface area contributed by atoms with Crippen molar-refractivity contribution in [1.29, 1.82) is 5.26 Å². The summed E-state index contributed by atoms with van der Waals surface area (Å²) < 4.78 is 10.2. The average molecular weight is 377 g/mol. The van der Waals surface area contributed by atoms with Gasteiger partial charge < -0.3 is 19.8 Å². The highest BCUT2D eigenvalue weighted by atomic mass is 16.5. The predicted octanol–water partition coefficient (Wildman–Crippen LogP) is 2.41. The Labute approximate surface area is 159 Å². The van der Waals surface area contributed by atoms with Crippen molar-refractivity contribution in [1.82, 2.24) is 10.3 Å². The van der Waals surface area contributed by atoms with Crippen LogP contribution < -0.4 is 5.32 Å². The first-order valence-corrected chi connectivity index (χ1v) is 8.79. The van der Waals surface area contributed by atoms with Crippen LogP contribution in [0.1, 0.15) is 66.7 Å². The number of H-pyrrole nitrogens is 1. The third-order valence-corrected chi connectivity index (χ3v) is 4.54. The fourth-order valence-electron chi connectivity index (χ4n) is 2.40. The number of rotatable bonds is 7. The Morgan fingerprint density at radius 3 is 2.30 bits per heavy atom. The summed E-state index contributed by atoms with van der Waals surface area (Å²) in [6.07, 6.45) is -1.11. The van der Waals surface area contributed by atoms with Gasteiger partial charge in [-0.05, 0) is 46.1 Å². The molecule has 0 aliphatic rings. The van der Waals surface area contributed by atoms with Gasteiger partial charge in [-0.3, -0.25) is 4.79 Å². The molecule has 8 heteroatoms. The first-order valence-electron chi connectivity index (χ1n) is 8.79. The molecule has 0 saturated heterocycles. The Balaban J connectivity index is 2.94. The molecule has 0 saturated carbocycles. The molecule has 0 fully saturated rings. The standard InChI is InChI=1S/C19H27N3O5/c1-8-26-17(24)14-11(4)15(21-12(14)5)18(25)27-13(6)16(23)22-19(7,9-20)10(2)3/h10,13,21H,8H2,1-7H3,(H,22,23). The van der Waals surface area contributed by atoms with Crippen LogP contribution in [0.25, 0.3) is 0 Å². The molecule has 2 atom stereocenters. The summed E-state index contributed by atoms with van der Waals surface area (Å²) in [7, 11) is 0. The zero-order valence-corrected chi connectivity index (χ0v) is 16.9. The number of nitrogens with zero attached hydrogens (tertiary/aromatic N) is 1. The molecule has 1 rings (SSSR count). The molecule has 0 radical (unpaired) electrons. The van der Waals surface area contributed by atoms with Gasteiger partial charge >= 0.3 is 11.9 Å². The largest absolute Gasteiger partial charge is 0.462 e. The maximum atomic E-state index is 12.4. The number of aromatic amines is 1. The first kappa shape index (κ1) is 22.2. The molecule has 1 heterocycles.